The van der Waals surface area contributed by atoms with Crippen molar-refractivity contribution in [2.45, 2.75) is 27.7 Å². The van der Waals surface area contributed by atoms with Crippen LogP contribution in [0.2, 0.25) is 0 Å². The minimum atomic E-state index is -0.259. The summed E-state index contributed by atoms with van der Waals surface area (Å²) in [4.78, 5) is 11.9. The Morgan fingerprint density at radius 1 is 0.960 bits per heavy atom. The van der Waals surface area contributed by atoms with Gasteiger partial charge in [0.05, 0.1) is 13.2 Å². The second kappa shape index (κ2) is 8.97. The molecule has 0 aliphatic heterocycles. The van der Waals surface area contributed by atoms with Gasteiger partial charge < -0.3 is 20.1 Å². The van der Waals surface area contributed by atoms with Crippen LogP contribution in [0.5, 0.6) is 11.5 Å². The maximum atomic E-state index is 11.9. The van der Waals surface area contributed by atoms with Crippen LogP contribution in [0.1, 0.15) is 23.6 Å². The molecule has 0 aromatic heterocycles. The van der Waals surface area contributed by atoms with E-state index in [2.05, 4.69) is 23.6 Å². The molecule has 0 saturated heterocycles. The highest BCUT2D eigenvalue weighted by molar-refractivity contribution is 5.89. The molecule has 2 aromatic rings. The van der Waals surface area contributed by atoms with Gasteiger partial charge in [-0.1, -0.05) is 12.1 Å². The van der Waals surface area contributed by atoms with Gasteiger partial charge in [-0.3, -0.25) is 0 Å². The van der Waals surface area contributed by atoms with Crippen molar-refractivity contribution in [3.8, 4) is 11.5 Å². The van der Waals surface area contributed by atoms with Gasteiger partial charge >= 0.3 is 6.03 Å². The van der Waals surface area contributed by atoms with Crippen LogP contribution in [-0.2, 0) is 0 Å². The van der Waals surface area contributed by atoms with E-state index >= 15 is 0 Å². The lowest BCUT2D eigenvalue weighted by atomic mass is 10.1. The average molecular weight is 342 g/mol. The summed E-state index contributed by atoms with van der Waals surface area (Å²) in [5, 5.41) is 5.57. The maximum absolute atomic E-state index is 11.9. The molecule has 0 radical (unpaired) electrons. The number of rotatable bonds is 7. The number of benzene rings is 2. The molecule has 5 nitrogen and oxygen atoms in total. The normalized spacial score (nSPS) is 10.2. The van der Waals surface area contributed by atoms with Crippen LogP contribution >= 0.6 is 0 Å². The SMILES string of the molecule is CCOc1ccc(NC(=O)NCCOc2c(C)ccc(C)c2C)cc1. The second-order valence-electron chi connectivity index (χ2n) is 5.84. The molecular formula is C20H26N2O3. The maximum Gasteiger partial charge on any atom is 0.319 e. The van der Waals surface area contributed by atoms with Crippen LogP contribution in [0.25, 0.3) is 0 Å². The first-order valence-corrected chi connectivity index (χ1v) is 8.48. The number of ether oxygens (including phenoxy) is 2. The number of carbonyl (C=O) groups excluding carboxylic acids is 1. The zero-order valence-electron chi connectivity index (χ0n) is 15.3. The Kier molecular flexibility index (Phi) is 6.69. The van der Waals surface area contributed by atoms with Gasteiger partial charge in [0.2, 0.25) is 0 Å². The lowest BCUT2D eigenvalue weighted by molar-refractivity contribution is 0.247. The predicted molar refractivity (Wildman–Crippen MR) is 101 cm³/mol. The third-order valence-electron chi connectivity index (χ3n) is 3.93. The van der Waals surface area contributed by atoms with E-state index in [9.17, 15) is 4.79 Å². The highest BCUT2D eigenvalue weighted by Crippen LogP contribution is 2.25. The van der Waals surface area contributed by atoms with Gasteiger partial charge in [-0.15, -0.1) is 0 Å². The van der Waals surface area contributed by atoms with E-state index in [0.29, 0.717) is 25.4 Å². The molecule has 0 bridgehead atoms. The van der Waals surface area contributed by atoms with Crippen molar-refractivity contribution in [1.29, 1.82) is 0 Å². The number of aryl methyl sites for hydroxylation is 2. The quantitative estimate of drug-likeness (QED) is 0.741. The summed E-state index contributed by atoms with van der Waals surface area (Å²) in [6, 6.07) is 11.1. The fourth-order valence-corrected chi connectivity index (χ4v) is 2.44. The monoisotopic (exact) mass is 342 g/mol. The van der Waals surface area contributed by atoms with Crippen LogP contribution in [0, 0.1) is 20.8 Å². The Labute approximate surface area is 149 Å². The Hall–Kier alpha value is -2.69. The number of anilines is 1. The van der Waals surface area contributed by atoms with E-state index in [1.807, 2.05) is 39.0 Å². The molecule has 2 rings (SSSR count). The van der Waals surface area contributed by atoms with E-state index in [0.717, 1.165) is 22.6 Å². The van der Waals surface area contributed by atoms with Crippen molar-refractivity contribution in [1.82, 2.24) is 5.32 Å². The Morgan fingerprint density at radius 2 is 1.64 bits per heavy atom. The largest absolute Gasteiger partial charge is 0.494 e. The van der Waals surface area contributed by atoms with Crippen LogP contribution in [0.4, 0.5) is 10.5 Å². The van der Waals surface area contributed by atoms with Crippen LogP contribution in [-0.4, -0.2) is 25.8 Å². The Morgan fingerprint density at radius 3 is 2.32 bits per heavy atom. The van der Waals surface area contributed by atoms with E-state index in [4.69, 9.17) is 9.47 Å². The summed E-state index contributed by atoms with van der Waals surface area (Å²) in [7, 11) is 0. The molecule has 0 saturated carbocycles. The summed E-state index contributed by atoms with van der Waals surface area (Å²) >= 11 is 0. The third kappa shape index (κ3) is 5.41. The zero-order chi connectivity index (χ0) is 18.2. The standard InChI is InChI=1S/C20H26N2O3/c1-5-24-18-10-8-17(9-11-18)22-20(23)21-12-13-25-19-15(3)7-6-14(2)16(19)4/h6-11H,5,12-13H2,1-4H3,(H2,21,22,23). The number of nitrogens with one attached hydrogen (secondary N) is 2. The van der Waals surface area contributed by atoms with Crippen molar-refractivity contribution in [2.24, 2.45) is 0 Å². The molecule has 25 heavy (non-hydrogen) atoms. The van der Waals surface area contributed by atoms with Crippen molar-refractivity contribution in [3.05, 3.63) is 53.1 Å². The van der Waals surface area contributed by atoms with Crippen molar-refractivity contribution in [2.75, 3.05) is 25.1 Å². The number of hydrogen-bond donors (Lipinski definition) is 2. The van der Waals surface area contributed by atoms with Gasteiger partial charge in [-0.25, -0.2) is 4.79 Å². The average Bonchev–Trinajstić information content (AvgIpc) is 2.59. The summed E-state index contributed by atoms with van der Waals surface area (Å²) in [6.45, 7) is 9.52. The summed E-state index contributed by atoms with van der Waals surface area (Å²) < 4.78 is 11.2. The van der Waals surface area contributed by atoms with Crippen molar-refractivity contribution < 1.29 is 14.3 Å². The number of amides is 2. The van der Waals surface area contributed by atoms with Crippen LogP contribution < -0.4 is 20.1 Å². The van der Waals surface area contributed by atoms with Gasteiger partial charge in [0.25, 0.3) is 0 Å². The molecule has 0 spiro atoms. The molecular weight excluding hydrogens is 316 g/mol. The minimum Gasteiger partial charge on any atom is -0.494 e. The van der Waals surface area contributed by atoms with E-state index < -0.39 is 0 Å². The molecule has 0 aliphatic rings. The molecule has 2 aromatic carbocycles. The first-order valence-electron chi connectivity index (χ1n) is 8.48. The molecule has 5 heteroatoms. The number of urea groups is 1. The summed E-state index contributed by atoms with van der Waals surface area (Å²) in [6.07, 6.45) is 0. The highest BCUT2D eigenvalue weighted by atomic mass is 16.5. The Balaban J connectivity index is 1.76. The smallest absolute Gasteiger partial charge is 0.319 e. The predicted octanol–water partition coefficient (Wildman–Crippen LogP) is 4.21. The molecule has 2 amide bonds. The van der Waals surface area contributed by atoms with E-state index in [-0.39, 0.29) is 6.03 Å². The summed E-state index contributed by atoms with van der Waals surface area (Å²) in [5.41, 5.74) is 4.15. The van der Waals surface area contributed by atoms with Gasteiger partial charge in [0.15, 0.2) is 0 Å². The summed E-state index contributed by atoms with van der Waals surface area (Å²) in [5.74, 6) is 1.68. The van der Waals surface area contributed by atoms with E-state index in [1.165, 1.54) is 5.56 Å². The lowest BCUT2D eigenvalue weighted by Gasteiger charge is -2.14. The molecule has 134 valence electrons. The first kappa shape index (κ1) is 18.6. The van der Waals surface area contributed by atoms with E-state index in [1.54, 1.807) is 12.1 Å². The fraction of sp³-hybridized carbons (Fsp3) is 0.350. The van der Waals surface area contributed by atoms with Crippen LogP contribution in [0.3, 0.4) is 0 Å². The Bertz CT molecular complexity index is 712. The highest BCUT2D eigenvalue weighted by Gasteiger charge is 2.07. The van der Waals surface area contributed by atoms with Crippen LogP contribution in [0.15, 0.2) is 36.4 Å². The van der Waals surface area contributed by atoms with Crippen molar-refractivity contribution in [3.63, 3.8) is 0 Å². The molecule has 2 N–H and O–H groups in total. The zero-order valence-corrected chi connectivity index (χ0v) is 15.3. The van der Waals surface area contributed by atoms with Gasteiger partial charge in [0.1, 0.15) is 18.1 Å². The first-order chi connectivity index (χ1) is 12.0. The van der Waals surface area contributed by atoms with Gasteiger partial charge in [-0.2, -0.15) is 0 Å². The minimum absolute atomic E-state index is 0.259. The lowest BCUT2D eigenvalue weighted by Crippen LogP contribution is -2.32. The molecule has 0 atom stereocenters. The van der Waals surface area contributed by atoms with Gasteiger partial charge in [-0.05, 0) is 68.7 Å². The fourth-order valence-electron chi connectivity index (χ4n) is 2.44. The second-order valence-corrected chi connectivity index (χ2v) is 5.84. The van der Waals surface area contributed by atoms with Gasteiger partial charge in [0, 0.05) is 5.69 Å². The molecule has 0 aliphatic carbocycles. The third-order valence-corrected chi connectivity index (χ3v) is 3.93. The van der Waals surface area contributed by atoms with Crippen molar-refractivity contribution >= 4 is 11.7 Å². The number of carbonyl (C=O) groups is 1. The molecule has 0 unspecified atom stereocenters. The number of hydrogen-bond acceptors (Lipinski definition) is 3. The molecule has 0 heterocycles. The molecule has 0 fully saturated rings. The topological polar surface area (TPSA) is 59.6 Å².